The Bertz CT molecular complexity index is 508. The van der Waals surface area contributed by atoms with E-state index in [1.165, 1.54) is 25.3 Å². The number of thioether (sulfide) groups is 1. The summed E-state index contributed by atoms with van der Waals surface area (Å²) >= 11 is 1.73. The number of carbonyl (C=O) groups excluding carboxylic acids is 1. The molecule has 1 atom stereocenters. The molecule has 2 amide bonds. The van der Waals surface area contributed by atoms with Crippen molar-refractivity contribution < 1.29 is 19.4 Å². The molecule has 0 fully saturated rings. The maximum absolute atomic E-state index is 11.8. The highest BCUT2D eigenvalue weighted by Crippen LogP contribution is 2.23. The van der Waals surface area contributed by atoms with Crippen LogP contribution in [-0.2, 0) is 0 Å². The molecule has 0 aromatic heterocycles. The van der Waals surface area contributed by atoms with Gasteiger partial charge in [0.1, 0.15) is 11.3 Å². The number of carboxylic acids is 1. The molecule has 0 bridgehead atoms. The van der Waals surface area contributed by atoms with E-state index < -0.39 is 5.97 Å². The normalized spacial score (nSPS) is 11.6. The van der Waals surface area contributed by atoms with Gasteiger partial charge in [0.2, 0.25) is 0 Å². The summed E-state index contributed by atoms with van der Waals surface area (Å²) in [6, 6.07) is 4.15. The summed E-state index contributed by atoms with van der Waals surface area (Å²) in [5.74, 6) is 0.104. The van der Waals surface area contributed by atoms with E-state index >= 15 is 0 Å². The highest BCUT2D eigenvalue weighted by Gasteiger charge is 2.13. The van der Waals surface area contributed by atoms with Crippen molar-refractivity contribution in [2.24, 2.45) is 0 Å². The van der Waals surface area contributed by atoms with Crippen molar-refractivity contribution in [2.75, 3.05) is 24.4 Å². The molecule has 0 aliphatic carbocycles. The van der Waals surface area contributed by atoms with Crippen LogP contribution < -0.4 is 15.4 Å². The van der Waals surface area contributed by atoms with Crippen LogP contribution in [0.2, 0.25) is 0 Å². The molecule has 1 unspecified atom stereocenters. The lowest BCUT2D eigenvalue weighted by Gasteiger charge is -2.14. The smallest absolute Gasteiger partial charge is 0.339 e. The summed E-state index contributed by atoms with van der Waals surface area (Å²) in [5.41, 5.74) is 0.531. The quantitative estimate of drug-likeness (QED) is 0.720. The largest absolute Gasteiger partial charge is 0.496 e. The molecule has 7 heteroatoms. The Morgan fingerprint density at radius 2 is 2.14 bits per heavy atom. The van der Waals surface area contributed by atoms with Crippen molar-refractivity contribution in [3.05, 3.63) is 23.8 Å². The molecule has 1 rings (SSSR count). The summed E-state index contributed by atoms with van der Waals surface area (Å²) in [5, 5.41) is 14.5. The number of rotatable bonds is 7. The molecule has 0 aliphatic rings. The number of urea groups is 1. The summed E-state index contributed by atoms with van der Waals surface area (Å²) in [4.78, 5) is 22.8. The lowest BCUT2D eigenvalue weighted by atomic mass is 10.2. The number of carbonyl (C=O) groups is 2. The Morgan fingerprint density at radius 1 is 1.43 bits per heavy atom. The van der Waals surface area contributed by atoms with Gasteiger partial charge in [0.05, 0.1) is 7.11 Å². The second-order valence-corrected chi connectivity index (χ2v) is 5.49. The molecule has 1 aromatic rings. The van der Waals surface area contributed by atoms with Crippen LogP contribution in [0.4, 0.5) is 10.5 Å². The fourth-order valence-corrected chi connectivity index (χ4v) is 2.29. The zero-order valence-corrected chi connectivity index (χ0v) is 13.1. The van der Waals surface area contributed by atoms with Gasteiger partial charge in [0.25, 0.3) is 0 Å². The van der Waals surface area contributed by atoms with Crippen LogP contribution in [0, 0.1) is 0 Å². The zero-order valence-electron chi connectivity index (χ0n) is 12.3. The van der Waals surface area contributed by atoms with E-state index in [2.05, 4.69) is 10.6 Å². The highest BCUT2D eigenvalue weighted by molar-refractivity contribution is 7.98. The van der Waals surface area contributed by atoms with Gasteiger partial charge in [-0.25, -0.2) is 9.59 Å². The van der Waals surface area contributed by atoms with E-state index in [0.717, 1.165) is 12.2 Å². The molecule has 0 saturated heterocycles. The predicted octanol–water partition coefficient (Wildman–Crippen LogP) is 2.66. The Labute approximate surface area is 128 Å². The molecule has 0 radical (unpaired) electrons. The van der Waals surface area contributed by atoms with Gasteiger partial charge in [-0.05, 0) is 37.5 Å². The Morgan fingerprint density at radius 3 is 2.71 bits per heavy atom. The molecular formula is C14H20N2O4S. The molecular weight excluding hydrogens is 292 g/mol. The molecule has 1 aromatic carbocycles. The van der Waals surface area contributed by atoms with E-state index in [9.17, 15) is 9.59 Å². The van der Waals surface area contributed by atoms with E-state index in [1.54, 1.807) is 11.8 Å². The van der Waals surface area contributed by atoms with Crippen molar-refractivity contribution >= 4 is 29.4 Å². The number of methoxy groups -OCH3 is 1. The topological polar surface area (TPSA) is 87.7 Å². The van der Waals surface area contributed by atoms with Crippen LogP contribution in [0.3, 0.4) is 0 Å². The minimum atomic E-state index is -1.08. The standard InChI is InChI=1S/C14H20N2O4S/c1-9(6-7-21-3)15-14(19)16-10-4-5-11(13(17)18)12(8-10)20-2/h4-5,8-9H,6-7H2,1-3H3,(H,17,18)(H2,15,16,19). The van der Waals surface area contributed by atoms with Gasteiger partial charge in [0, 0.05) is 17.8 Å². The second kappa shape index (κ2) is 8.41. The molecule has 6 nitrogen and oxygen atoms in total. The monoisotopic (exact) mass is 312 g/mol. The van der Waals surface area contributed by atoms with Crippen molar-refractivity contribution in [3.8, 4) is 5.75 Å². The van der Waals surface area contributed by atoms with Crippen molar-refractivity contribution in [2.45, 2.75) is 19.4 Å². The van der Waals surface area contributed by atoms with E-state index in [-0.39, 0.29) is 23.4 Å². The van der Waals surface area contributed by atoms with Crippen molar-refractivity contribution in [1.29, 1.82) is 0 Å². The first-order chi connectivity index (χ1) is 9.97. The van der Waals surface area contributed by atoms with Crippen LogP contribution in [0.25, 0.3) is 0 Å². The van der Waals surface area contributed by atoms with Gasteiger partial charge in [-0.15, -0.1) is 0 Å². The SMILES string of the molecule is COc1cc(NC(=O)NC(C)CCSC)ccc1C(=O)O. The van der Waals surface area contributed by atoms with Gasteiger partial charge in [-0.1, -0.05) is 0 Å². The Balaban J connectivity index is 2.66. The average molecular weight is 312 g/mol. The maximum atomic E-state index is 11.8. The second-order valence-electron chi connectivity index (χ2n) is 4.50. The third-order valence-corrected chi connectivity index (χ3v) is 3.47. The number of benzene rings is 1. The predicted molar refractivity (Wildman–Crippen MR) is 84.6 cm³/mol. The van der Waals surface area contributed by atoms with Crippen LogP contribution in [0.15, 0.2) is 18.2 Å². The number of amides is 2. The summed E-state index contributed by atoms with van der Waals surface area (Å²) in [6.45, 7) is 1.93. The first kappa shape index (κ1) is 17.2. The minimum absolute atomic E-state index is 0.0526. The van der Waals surface area contributed by atoms with Gasteiger partial charge < -0.3 is 20.5 Å². The maximum Gasteiger partial charge on any atom is 0.339 e. The summed E-state index contributed by atoms with van der Waals surface area (Å²) in [6.07, 6.45) is 2.90. The zero-order chi connectivity index (χ0) is 15.8. The average Bonchev–Trinajstić information content (AvgIpc) is 2.44. The third-order valence-electron chi connectivity index (χ3n) is 2.82. The fourth-order valence-electron chi connectivity index (χ4n) is 1.70. The summed E-state index contributed by atoms with van der Waals surface area (Å²) in [7, 11) is 1.39. The molecule has 0 heterocycles. The van der Waals surface area contributed by atoms with Crippen LogP contribution in [0.1, 0.15) is 23.7 Å². The number of ether oxygens (including phenoxy) is 1. The van der Waals surface area contributed by atoms with Gasteiger partial charge in [-0.2, -0.15) is 11.8 Å². The van der Waals surface area contributed by atoms with Crippen molar-refractivity contribution in [3.63, 3.8) is 0 Å². The molecule has 3 N–H and O–H groups in total. The number of hydrogen-bond acceptors (Lipinski definition) is 4. The van der Waals surface area contributed by atoms with E-state index in [1.807, 2.05) is 13.2 Å². The minimum Gasteiger partial charge on any atom is -0.496 e. The first-order valence-electron chi connectivity index (χ1n) is 6.45. The van der Waals surface area contributed by atoms with Crippen molar-refractivity contribution in [1.82, 2.24) is 5.32 Å². The van der Waals surface area contributed by atoms with Crippen LogP contribution in [-0.4, -0.2) is 42.3 Å². The number of hydrogen-bond donors (Lipinski definition) is 3. The number of nitrogens with one attached hydrogen (secondary N) is 2. The van der Waals surface area contributed by atoms with E-state index in [4.69, 9.17) is 9.84 Å². The summed E-state index contributed by atoms with van der Waals surface area (Å²) < 4.78 is 5.01. The highest BCUT2D eigenvalue weighted by atomic mass is 32.2. The third kappa shape index (κ3) is 5.55. The van der Waals surface area contributed by atoms with Gasteiger partial charge in [0.15, 0.2) is 0 Å². The lowest BCUT2D eigenvalue weighted by Crippen LogP contribution is -2.36. The Hall–Kier alpha value is -1.89. The van der Waals surface area contributed by atoms with Crippen LogP contribution >= 0.6 is 11.8 Å². The molecule has 0 spiro atoms. The molecule has 0 saturated carbocycles. The number of aromatic carboxylic acids is 1. The molecule has 116 valence electrons. The van der Waals surface area contributed by atoms with Crippen LogP contribution in [0.5, 0.6) is 5.75 Å². The molecule has 21 heavy (non-hydrogen) atoms. The Kier molecular flexibility index (Phi) is 6.87. The van der Waals surface area contributed by atoms with Gasteiger partial charge in [-0.3, -0.25) is 0 Å². The van der Waals surface area contributed by atoms with E-state index in [0.29, 0.717) is 5.69 Å². The number of anilines is 1. The fraction of sp³-hybridized carbons (Fsp3) is 0.429. The first-order valence-corrected chi connectivity index (χ1v) is 7.85. The van der Waals surface area contributed by atoms with Gasteiger partial charge >= 0.3 is 12.0 Å². The number of carboxylic acid groups (broad SMARTS) is 1. The lowest BCUT2D eigenvalue weighted by molar-refractivity contribution is 0.0693. The molecule has 0 aliphatic heterocycles.